The van der Waals surface area contributed by atoms with Crippen molar-refractivity contribution in [3.63, 3.8) is 0 Å². The maximum atomic E-state index is 4.62. The van der Waals surface area contributed by atoms with Crippen LogP contribution < -0.4 is 4.90 Å². The van der Waals surface area contributed by atoms with Gasteiger partial charge in [0, 0.05) is 33.5 Å². The molecule has 0 bridgehead atoms. The predicted octanol–water partition coefficient (Wildman–Crippen LogP) is 12.7. The monoisotopic (exact) mass is 650 g/mol. The average Bonchev–Trinajstić information content (AvgIpc) is 3.77. The summed E-state index contributed by atoms with van der Waals surface area (Å²) in [5, 5.41) is 2.53. The summed E-state index contributed by atoms with van der Waals surface area (Å²) in [6.07, 6.45) is 4.07. The number of para-hydroxylation sites is 3. The molecule has 0 radical (unpaired) electrons. The van der Waals surface area contributed by atoms with Gasteiger partial charge in [0.2, 0.25) is 0 Å². The summed E-state index contributed by atoms with van der Waals surface area (Å²) in [6.45, 7) is 8.74. The second-order valence-electron chi connectivity index (χ2n) is 13.4. The van der Waals surface area contributed by atoms with E-state index in [1.165, 1.54) is 60.8 Å². The van der Waals surface area contributed by atoms with Crippen LogP contribution in [0.2, 0.25) is 0 Å². The van der Waals surface area contributed by atoms with Gasteiger partial charge in [0.25, 0.3) is 0 Å². The molecular formula is C49H34N2. The third-order valence-electron chi connectivity index (χ3n) is 10.9. The van der Waals surface area contributed by atoms with Gasteiger partial charge in [0.05, 0.1) is 16.4 Å². The highest BCUT2D eigenvalue weighted by atomic mass is 15.1. The highest BCUT2D eigenvalue weighted by molar-refractivity contribution is 6.09. The number of hydrogen-bond donors (Lipinski definition) is 0. The Morgan fingerprint density at radius 3 is 1.71 bits per heavy atom. The van der Waals surface area contributed by atoms with E-state index in [9.17, 15) is 0 Å². The van der Waals surface area contributed by atoms with Gasteiger partial charge in [0.1, 0.15) is 0 Å². The molecule has 0 aliphatic heterocycles. The molecule has 2 heteroatoms. The van der Waals surface area contributed by atoms with Crippen molar-refractivity contribution < 1.29 is 0 Å². The molecule has 0 fully saturated rings. The van der Waals surface area contributed by atoms with Crippen LogP contribution in [0, 0.1) is 0 Å². The van der Waals surface area contributed by atoms with E-state index < -0.39 is 5.41 Å². The minimum Gasteiger partial charge on any atom is -0.310 e. The van der Waals surface area contributed by atoms with Gasteiger partial charge in [-0.3, -0.25) is 0 Å². The molecule has 1 heterocycles. The Bertz CT molecular complexity index is 2670. The molecule has 7 aromatic carbocycles. The van der Waals surface area contributed by atoms with E-state index in [2.05, 4.69) is 199 Å². The van der Waals surface area contributed by atoms with Crippen LogP contribution in [0.3, 0.4) is 0 Å². The summed E-state index contributed by atoms with van der Waals surface area (Å²) >= 11 is 0. The summed E-state index contributed by atoms with van der Waals surface area (Å²) in [4.78, 5) is 2.37. The molecule has 1 aromatic heterocycles. The molecule has 0 N–H and O–H groups in total. The van der Waals surface area contributed by atoms with Crippen LogP contribution in [0.4, 0.5) is 17.1 Å². The molecule has 8 aromatic rings. The highest BCUT2D eigenvalue weighted by Crippen LogP contribution is 2.63. The quantitative estimate of drug-likeness (QED) is 0.180. The fourth-order valence-electron chi connectivity index (χ4n) is 8.90. The SMILES string of the molecule is C=C/C=C1\C(=C)c2ccccc2C12c1ccccc1-c1cc(N(c3ccccc3)c3ccc(-n4c5ccccc5c5ccccc54)cc3)ccc12. The van der Waals surface area contributed by atoms with Crippen molar-refractivity contribution in [3.05, 3.63) is 223 Å². The van der Waals surface area contributed by atoms with Crippen LogP contribution in [-0.4, -0.2) is 4.57 Å². The number of rotatable bonds is 5. The molecule has 51 heavy (non-hydrogen) atoms. The smallest absolute Gasteiger partial charge is 0.0725 e. The summed E-state index contributed by atoms with van der Waals surface area (Å²) in [5.74, 6) is 0. The van der Waals surface area contributed by atoms with Crippen LogP contribution in [-0.2, 0) is 5.41 Å². The first-order valence-corrected chi connectivity index (χ1v) is 17.5. The van der Waals surface area contributed by atoms with Crippen molar-refractivity contribution in [2.24, 2.45) is 0 Å². The molecule has 1 spiro atoms. The molecule has 10 rings (SSSR count). The number of hydrogen-bond acceptors (Lipinski definition) is 1. The van der Waals surface area contributed by atoms with Crippen molar-refractivity contribution >= 4 is 44.4 Å². The van der Waals surface area contributed by atoms with Crippen LogP contribution in [0.15, 0.2) is 201 Å². The fraction of sp³-hybridized carbons (Fsp3) is 0.0204. The Morgan fingerprint density at radius 1 is 0.490 bits per heavy atom. The molecule has 0 amide bonds. The molecule has 1 atom stereocenters. The standard InChI is InChI=1S/C49H34N2/c1-3-15-43-33(2)38-18-7-11-22-44(38)49(43)45-23-12-8-19-39(45)42-32-37(30-31-46(42)49)50(34-16-5-4-6-17-34)35-26-28-36(29-27-35)51-47-24-13-9-20-40(47)41-21-10-14-25-48(41)51/h3-32H,1-2H2/b43-15+. The molecule has 1 unspecified atom stereocenters. The Morgan fingerprint density at radius 2 is 1.02 bits per heavy atom. The lowest BCUT2D eigenvalue weighted by Gasteiger charge is -2.31. The van der Waals surface area contributed by atoms with E-state index in [4.69, 9.17) is 0 Å². The van der Waals surface area contributed by atoms with Crippen molar-refractivity contribution in [2.75, 3.05) is 4.90 Å². The zero-order chi connectivity index (χ0) is 34.1. The van der Waals surface area contributed by atoms with Gasteiger partial charge in [-0.1, -0.05) is 135 Å². The van der Waals surface area contributed by atoms with Crippen LogP contribution >= 0.6 is 0 Å². The molecule has 2 nitrogen and oxygen atoms in total. The van der Waals surface area contributed by atoms with Crippen LogP contribution in [0.5, 0.6) is 0 Å². The van der Waals surface area contributed by atoms with E-state index in [1.54, 1.807) is 0 Å². The zero-order valence-corrected chi connectivity index (χ0v) is 28.1. The highest BCUT2D eigenvalue weighted by Gasteiger charge is 2.52. The van der Waals surface area contributed by atoms with Gasteiger partial charge in [-0.2, -0.15) is 0 Å². The Labute approximate surface area is 298 Å². The predicted molar refractivity (Wildman–Crippen MR) is 215 cm³/mol. The molecule has 0 saturated carbocycles. The van der Waals surface area contributed by atoms with E-state index in [0.717, 1.165) is 28.3 Å². The first kappa shape index (κ1) is 29.3. The Kier molecular flexibility index (Phi) is 6.43. The van der Waals surface area contributed by atoms with E-state index >= 15 is 0 Å². The number of anilines is 3. The van der Waals surface area contributed by atoms with Gasteiger partial charge >= 0.3 is 0 Å². The van der Waals surface area contributed by atoms with E-state index in [1.807, 2.05) is 6.08 Å². The average molecular weight is 651 g/mol. The lowest BCUT2D eigenvalue weighted by atomic mass is 9.70. The second-order valence-corrected chi connectivity index (χ2v) is 13.4. The number of benzene rings is 7. The lowest BCUT2D eigenvalue weighted by Crippen LogP contribution is -2.26. The van der Waals surface area contributed by atoms with Gasteiger partial charge < -0.3 is 9.47 Å². The summed E-state index contributed by atoms with van der Waals surface area (Å²) in [7, 11) is 0. The number of fused-ring (bicyclic) bond motifs is 10. The topological polar surface area (TPSA) is 8.17 Å². The normalized spacial score (nSPS) is 16.5. The zero-order valence-electron chi connectivity index (χ0n) is 28.1. The van der Waals surface area contributed by atoms with Gasteiger partial charge in [-0.05, 0) is 105 Å². The molecule has 240 valence electrons. The maximum absolute atomic E-state index is 4.62. The van der Waals surface area contributed by atoms with E-state index in [0.29, 0.717) is 0 Å². The molecule has 0 saturated heterocycles. The van der Waals surface area contributed by atoms with Crippen LogP contribution in [0.25, 0.3) is 44.2 Å². The van der Waals surface area contributed by atoms with Crippen molar-refractivity contribution in [1.82, 2.24) is 4.57 Å². The van der Waals surface area contributed by atoms with Gasteiger partial charge in [-0.25, -0.2) is 0 Å². The Hall–Kier alpha value is -6.64. The maximum Gasteiger partial charge on any atom is 0.0725 e. The van der Waals surface area contributed by atoms with Crippen LogP contribution in [0.1, 0.15) is 22.3 Å². The minimum absolute atomic E-state index is 0.451. The van der Waals surface area contributed by atoms with Gasteiger partial charge in [-0.15, -0.1) is 0 Å². The molecular weight excluding hydrogens is 617 g/mol. The number of allylic oxidation sites excluding steroid dienone is 4. The van der Waals surface area contributed by atoms with Crippen molar-refractivity contribution in [1.29, 1.82) is 0 Å². The lowest BCUT2D eigenvalue weighted by molar-refractivity contribution is 0.795. The number of nitrogens with zero attached hydrogens (tertiary/aromatic N) is 2. The first-order valence-electron chi connectivity index (χ1n) is 17.5. The summed E-state index contributed by atoms with van der Waals surface area (Å²) in [6, 6.07) is 61.6. The summed E-state index contributed by atoms with van der Waals surface area (Å²) in [5.41, 5.74) is 16.2. The van der Waals surface area contributed by atoms with Crippen molar-refractivity contribution in [3.8, 4) is 16.8 Å². The number of aromatic nitrogens is 1. The molecule has 2 aliphatic carbocycles. The third kappa shape index (κ3) is 4.05. The van der Waals surface area contributed by atoms with Crippen molar-refractivity contribution in [2.45, 2.75) is 5.41 Å². The summed E-state index contributed by atoms with van der Waals surface area (Å²) < 4.78 is 2.37. The first-order chi connectivity index (χ1) is 25.2. The van der Waals surface area contributed by atoms with E-state index in [-0.39, 0.29) is 0 Å². The fourth-order valence-corrected chi connectivity index (χ4v) is 8.90. The third-order valence-corrected chi connectivity index (χ3v) is 10.9. The van der Waals surface area contributed by atoms with Gasteiger partial charge in [0.15, 0.2) is 0 Å². The largest absolute Gasteiger partial charge is 0.310 e. The second kappa shape index (κ2) is 11.2. The molecule has 2 aliphatic rings. The Balaban J connectivity index is 1.16. The minimum atomic E-state index is -0.451.